The molecule has 1 saturated heterocycles. The average Bonchev–Trinajstić information content (AvgIpc) is 2.92. The lowest BCUT2D eigenvalue weighted by Crippen LogP contribution is -2.53. The van der Waals surface area contributed by atoms with Gasteiger partial charge in [-0.2, -0.15) is 0 Å². The van der Waals surface area contributed by atoms with Gasteiger partial charge in [0.2, 0.25) is 0 Å². The van der Waals surface area contributed by atoms with Crippen LogP contribution in [0.4, 0.5) is 0 Å². The van der Waals surface area contributed by atoms with Crippen molar-refractivity contribution in [1.29, 1.82) is 0 Å². The zero-order valence-corrected chi connectivity index (χ0v) is 10.3. The minimum absolute atomic E-state index is 0.472. The number of rotatable bonds is 2. The maximum Gasteiger partial charge on any atom is 0.329 e. The molecule has 1 fully saturated rings. The number of benzene rings is 1. The summed E-state index contributed by atoms with van der Waals surface area (Å²) in [6, 6.07) is 7.53. The molecule has 2 aliphatic heterocycles. The number of carbonyl (C=O) groups is 1. The normalized spacial score (nSPS) is 27.6. The van der Waals surface area contributed by atoms with E-state index in [1.807, 2.05) is 24.3 Å². The molecule has 1 unspecified atom stereocenters. The summed E-state index contributed by atoms with van der Waals surface area (Å²) in [5.41, 5.74) is -0.0728. The highest BCUT2D eigenvalue weighted by Gasteiger charge is 2.50. The first-order valence-electron chi connectivity index (χ1n) is 6.46. The maximum absolute atomic E-state index is 11.9. The first-order valence-corrected chi connectivity index (χ1v) is 6.46. The second-order valence-corrected chi connectivity index (χ2v) is 4.95. The molecular formula is C14H17NO3. The Labute approximate surface area is 106 Å². The van der Waals surface area contributed by atoms with Crippen molar-refractivity contribution in [2.75, 3.05) is 19.7 Å². The van der Waals surface area contributed by atoms with E-state index in [1.54, 1.807) is 0 Å². The molecule has 0 aromatic heterocycles. The highest BCUT2D eigenvalue weighted by Crippen LogP contribution is 2.42. The van der Waals surface area contributed by atoms with Gasteiger partial charge in [-0.25, -0.2) is 4.79 Å². The van der Waals surface area contributed by atoms with E-state index < -0.39 is 11.5 Å². The van der Waals surface area contributed by atoms with E-state index in [0.29, 0.717) is 13.0 Å². The smallest absolute Gasteiger partial charge is 0.329 e. The number of hydrogen-bond acceptors (Lipinski definition) is 3. The van der Waals surface area contributed by atoms with Crippen molar-refractivity contribution < 1.29 is 14.6 Å². The average molecular weight is 247 g/mol. The number of carboxylic acid groups (broad SMARTS) is 1. The highest BCUT2D eigenvalue weighted by atomic mass is 16.5. The maximum atomic E-state index is 11.9. The Bertz CT molecular complexity index is 468. The zero-order chi connectivity index (χ0) is 12.6. The van der Waals surface area contributed by atoms with Crippen molar-refractivity contribution >= 4 is 5.97 Å². The quantitative estimate of drug-likeness (QED) is 0.866. The van der Waals surface area contributed by atoms with E-state index in [9.17, 15) is 9.90 Å². The van der Waals surface area contributed by atoms with E-state index in [0.717, 1.165) is 37.2 Å². The van der Waals surface area contributed by atoms with Crippen LogP contribution in [-0.4, -0.2) is 35.7 Å². The Hall–Kier alpha value is -1.55. The van der Waals surface area contributed by atoms with Crippen LogP contribution in [0.5, 0.6) is 5.75 Å². The lowest BCUT2D eigenvalue weighted by atomic mass is 9.83. The summed E-state index contributed by atoms with van der Waals surface area (Å²) in [6.45, 7) is 2.20. The fourth-order valence-electron chi connectivity index (χ4n) is 3.16. The van der Waals surface area contributed by atoms with Crippen LogP contribution in [0.15, 0.2) is 24.3 Å². The van der Waals surface area contributed by atoms with Crippen molar-refractivity contribution in [3.8, 4) is 5.75 Å². The Kier molecular flexibility index (Phi) is 2.74. The molecule has 0 amide bonds. The van der Waals surface area contributed by atoms with Gasteiger partial charge in [0.05, 0.1) is 6.61 Å². The Balaban J connectivity index is 2.13. The Morgan fingerprint density at radius 2 is 2.00 bits per heavy atom. The van der Waals surface area contributed by atoms with Crippen molar-refractivity contribution in [3.63, 3.8) is 0 Å². The standard InChI is InChI=1S/C14H17NO3/c16-13(17)14(15-8-3-4-9-15)7-10-18-12-6-2-1-5-11(12)14/h1-2,5-6H,3-4,7-10H2,(H,16,17). The molecule has 2 heterocycles. The van der Waals surface area contributed by atoms with Gasteiger partial charge >= 0.3 is 5.97 Å². The number of para-hydroxylation sites is 1. The second kappa shape index (κ2) is 4.28. The van der Waals surface area contributed by atoms with E-state index in [-0.39, 0.29) is 0 Å². The molecule has 18 heavy (non-hydrogen) atoms. The molecule has 0 spiro atoms. The summed E-state index contributed by atoms with van der Waals surface area (Å²) in [6.07, 6.45) is 2.69. The molecule has 1 N–H and O–H groups in total. The van der Waals surface area contributed by atoms with Crippen LogP contribution in [0.25, 0.3) is 0 Å². The third kappa shape index (κ3) is 1.52. The van der Waals surface area contributed by atoms with E-state index in [1.165, 1.54) is 0 Å². The van der Waals surface area contributed by atoms with Crippen LogP contribution in [0.2, 0.25) is 0 Å². The van der Waals surface area contributed by atoms with Crippen molar-refractivity contribution in [1.82, 2.24) is 4.90 Å². The van der Waals surface area contributed by atoms with Crippen LogP contribution in [-0.2, 0) is 10.3 Å². The topological polar surface area (TPSA) is 49.8 Å². The van der Waals surface area contributed by atoms with Crippen LogP contribution in [0.3, 0.4) is 0 Å². The van der Waals surface area contributed by atoms with Crippen LogP contribution >= 0.6 is 0 Å². The van der Waals surface area contributed by atoms with Gasteiger partial charge in [-0.05, 0) is 32.0 Å². The molecule has 4 nitrogen and oxygen atoms in total. The van der Waals surface area contributed by atoms with E-state index in [4.69, 9.17) is 4.74 Å². The van der Waals surface area contributed by atoms with Gasteiger partial charge in [0, 0.05) is 12.0 Å². The molecule has 0 saturated carbocycles. The molecule has 1 aromatic rings. The number of hydrogen-bond donors (Lipinski definition) is 1. The summed E-state index contributed by atoms with van der Waals surface area (Å²) in [5, 5.41) is 9.80. The fraction of sp³-hybridized carbons (Fsp3) is 0.500. The minimum atomic E-state index is -0.884. The van der Waals surface area contributed by atoms with Gasteiger partial charge < -0.3 is 9.84 Å². The van der Waals surface area contributed by atoms with E-state index in [2.05, 4.69) is 4.90 Å². The molecule has 1 atom stereocenters. The van der Waals surface area contributed by atoms with Gasteiger partial charge in [-0.1, -0.05) is 18.2 Å². The number of fused-ring (bicyclic) bond motifs is 1. The largest absolute Gasteiger partial charge is 0.493 e. The number of ether oxygens (including phenoxy) is 1. The van der Waals surface area contributed by atoms with Crippen molar-refractivity contribution in [3.05, 3.63) is 29.8 Å². The van der Waals surface area contributed by atoms with Gasteiger partial charge in [-0.3, -0.25) is 4.90 Å². The summed E-state index contributed by atoms with van der Waals surface area (Å²) in [4.78, 5) is 14.0. The van der Waals surface area contributed by atoms with Crippen molar-refractivity contribution in [2.24, 2.45) is 0 Å². The molecule has 0 bridgehead atoms. The lowest BCUT2D eigenvalue weighted by molar-refractivity contribution is -0.154. The Morgan fingerprint density at radius 3 is 2.72 bits per heavy atom. The third-order valence-electron chi connectivity index (χ3n) is 4.05. The van der Waals surface area contributed by atoms with Crippen LogP contribution < -0.4 is 4.74 Å². The molecule has 96 valence electrons. The Morgan fingerprint density at radius 1 is 1.28 bits per heavy atom. The van der Waals surface area contributed by atoms with Gasteiger partial charge in [0.1, 0.15) is 5.75 Å². The second-order valence-electron chi connectivity index (χ2n) is 4.95. The molecule has 0 aliphatic carbocycles. The molecule has 4 heteroatoms. The molecular weight excluding hydrogens is 230 g/mol. The molecule has 3 rings (SSSR count). The highest BCUT2D eigenvalue weighted by molar-refractivity contribution is 5.82. The summed E-state index contributed by atoms with van der Waals surface area (Å²) < 4.78 is 5.60. The number of carboxylic acids is 1. The number of aliphatic carboxylic acids is 1. The summed E-state index contributed by atoms with van der Waals surface area (Å²) in [7, 11) is 0. The van der Waals surface area contributed by atoms with Crippen LogP contribution in [0, 0.1) is 0 Å². The summed E-state index contributed by atoms with van der Waals surface area (Å²) in [5.74, 6) is -0.0294. The van der Waals surface area contributed by atoms with Crippen molar-refractivity contribution in [2.45, 2.75) is 24.8 Å². The van der Waals surface area contributed by atoms with Gasteiger partial charge in [0.25, 0.3) is 0 Å². The fourth-order valence-corrected chi connectivity index (χ4v) is 3.16. The summed E-state index contributed by atoms with van der Waals surface area (Å²) >= 11 is 0. The predicted octanol–water partition coefficient (Wildman–Crippen LogP) is 1.84. The SMILES string of the molecule is O=C(O)C1(N2CCCC2)CCOc2ccccc21. The third-order valence-corrected chi connectivity index (χ3v) is 4.05. The van der Waals surface area contributed by atoms with Crippen LogP contribution in [0.1, 0.15) is 24.8 Å². The zero-order valence-electron chi connectivity index (χ0n) is 10.3. The van der Waals surface area contributed by atoms with Gasteiger partial charge in [0.15, 0.2) is 5.54 Å². The van der Waals surface area contributed by atoms with E-state index >= 15 is 0 Å². The predicted molar refractivity (Wildman–Crippen MR) is 66.7 cm³/mol. The minimum Gasteiger partial charge on any atom is -0.493 e. The molecule has 2 aliphatic rings. The first-order chi connectivity index (χ1) is 8.75. The monoisotopic (exact) mass is 247 g/mol. The molecule has 0 radical (unpaired) electrons. The molecule has 1 aromatic carbocycles. The number of likely N-dealkylation sites (tertiary alicyclic amines) is 1. The lowest BCUT2D eigenvalue weighted by Gasteiger charge is -2.41. The number of nitrogens with zero attached hydrogens (tertiary/aromatic N) is 1. The first kappa shape index (κ1) is 11.5. The van der Waals surface area contributed by atoms with Gasteiger partial charge in [-0.15, -0.1) is 0 Å².